The topological polar surface area (TPSA) is 48.4 Å². The minimum absolute atomic E-state index is 0.193. The highest BCUT2D eigenvalue weighted by atomic mass is 16.7. The highest BCUT2D eigenvalue weighted by Crippen LogP contribution is 2.15. The predicted octanol–water partition coefficient (Wildman–Crippen LogP) is 2.82. The Morgan fingerprint density at radius 1 is 1.21 bits per heavy atom. The summed E-state index contributed by atoms with van der Waals surface area (Å²) in [6.07, 6.45) is 0.716. The van der Waals surface area contributed by atoms with Crippen molar-refractivity contribution in [2.45, 2.75) is 20.1 Å². The standard InChI is InChI=1S/C15H17NO3/c1-3-18-15(19-4-2)14(17)12-9-11-7-5-6-8-13(11)16-10-12/h5-10,15H,3-4H2,1-2H3. The maximum atomic E-state index is 12.3. The third-order valence-electron chi connectivity index (χ3n) is 2.73. The first-order valence-electron chi connectivity index (χ1n) is 6.38. The van der Waals surface area contributed by atoms with Gasteiger partial charge in [0.15, 0.2) is 0 Å². The van der Waals surface area contributed by atoms with Crippen LogP contribution >= 0.6 is 0 Å². The Labute approximate surface area is 112 Å². The van der Waals surface area contributed by atoms with Crippen molar-refractivity contribution in [2.75, 3.05) is 13.2 Å². The molecule has 0 aliphatic rings. The van der Waals surface area contributed by atoms with Gasteiger partial charge in [0.2, 0.25) is 12.1 Å². The zero-order chi connectivity index (χ0) is 13.7. The van der Waals surface area contributed by atoms with Crippen LogP contribution in [-0.4, -0.2) is 30.3 Å². The largest absolute Gasteiger partial charge is 0.346 e. The fourth-order valence-electron chi connectivity index (χ4n) is 1.84. The van der Waals surface area contributed by atoms with E-state index in [1.54, 1.807) is 6.20 Å². The minimum Gasteiger partial charge on any atom is -0.346 e. The molecule has 4 nitrogen and oxygen atoms in total. The molecule has 2 rings (SSSR count). The molecule has 0 spiro atoms. The normalized spacial score (nSPS) is 11.1. The van der Waals surface area contributed by atoms with Gasteiger partial charge in [0.05, 0.1) is 5.52 Å². The molecular weight excluding hydrogens is 242 g/mol. The van der Waals surface area contributed by atoms with Crippen molar-refractivity contribution in [3.05, 3.63) is 42.1 Å². The molecule has 1 aromatic heterocycles. The van der Waals surface area contributed by atoms with Crippen LogP contribution in [0.3, 0.4) is 0 Å². The van der Waals surface area contributed by atoms with Gasteiger partial charge < -0.3 is 9.47 Å². The number of ketones is 1. The van der Waals surface area contributed by atoms with Crippen molar-refractivity contribution in [2.24, 2.45) is 0 Å². The van der Waals surface area contributed by atoms with E-state index in [0.29, 0.717) is 18.8 Å². The Kier molecular flexibility index (Phi) is 4.60. The number of para-hydroxylation sites is 1. The zero-order valence-corrected chi connectivity index (χ0v) is 11.1. The van der Waals surface area contributed by atoms with E-state index in [-0.39, 0.29) is 5.78 Å². The first-order valence-corrected chi connectivity index (χ1v) is 6.38. The fourth-order valence-corrected chi connectivity index (χ4v) is 1.84. The molecule has 1 heterocycles. The summed E-state index contributed by atoms with van der Waals surface area (Å²) >= 11 is 0. The molecule has 0 atom stereocenters. The van der Waals surface area contributed by atoms with E-state index >= 15 is 0 Å². The maximum absolute atomic E-state index is 12.3. The third kappa shape index (κ3) is 3.16. The van der Waals surface area contributed by atoms with Crippen LogP contribution in [0, 0.1) is 0 Å². The molecule has 4 heteroatoms. The van der Waals surface area contributed by atoms with Gasteiger partial charge in [-0.1, -0.05) is 18.2 Å². The lowest BCUT2D eigenvalue weighted by molar-refractivity contribution is -0.107. The van der Waals surface area contributed by atoms with Crippen LogP contribution in [0.5, 0.6) is 0 Å². The Bertz CT molecular complexity index is 562. The first-order chi connectivity index (χ1) is 9.26. The lowest BCUT2D eigenvalue weighted by Gasteiger charge is -2.15. The van der Waals surface area contributed by atoms with E-state index in [1.807, 2.05) is 44.2 Å². The van der Waals surface area contributed by atoms with Gasteiger partial charge in [0, 0.05) is 30.4 Å². The monoisotopic (exact) mass is 259 g/mol. The van der Waals surface area contributed by atoms with Crippen molar-refractivity contribution < 1.29 is 14.3 Å². The third-order valence-corrected chi connectivity index (χ3v) is 2.73. The highest BCUT2D eigenvalue weighted by molar-refractivity contribution is 6.00. The average molecular weight is 259 g/mol. The number of aromatic nitrogens is 1. The molecule has 0 saturated heterocycles. The van der Waals surface area contributed by atoms with E-state index in [2.05, 4.69) is 4.98 Å². The minimum atomic E-state index is -0.849. The molecule has 2 aromatic rings. The molecule has 1 aromatic carbocycles. The number of nitrogens with zero attached hydrogens (tertiary/aromatic N) is 1. The van der Waals surface area contributed by atoms with Gasteiger partial charge in [0.1, 0.15) is 0 Å². The van der Waals surface area contributed by atoms with Gasteiger partial charge in [0.25, 0.3) is 0 Å². The molecule has 0 radical (unpaired) electrons. The summed E-state index contributed by atoms with van der Waals surface area (Å²) in [5.74, 6) is -0.193. The van der Waals surface area contributed by atoms with Crippen LogP contribution in [0.2, 0.25) is 0 Å². The molecule has 100 valence electrons. The number of Topliss-reactive ketones (excluding diaryl/α,β-unsaturated/α-hetero) is 1. The Morgan fingerprint density at radius 2 is 1.89 bits per heavy atom. The summed E-state index contributed by atoms with van der Waals surface area (Å²) in [5, 5.41) is 0.931. The molecule has 0 amide bonds. The van der Waals surface area contributed by atoms with Crippen molar-refractivity contribution in [1.29, 1.82) is 0 Å². The predicted molar refractivity (Wildman–Crippen MR) is 73.1 cm³/mol. The quantitative estimate of drug-likeness (QED) is 0.591. The van der Waals surface area contributed by atoms with E-state index in [0.717, 1.165) is 10.9 Å². The summed E-state index contributed by atoms with van der Waals surface area (Å²) in [5.41, 5.74) is 1.37. The second kappa shape index (κ2) is 6.41. The number of fused-ring (bicyclic) bond motifs is 1. The smallest absolute Gasteiger partial charge is 0.222 e. The first kappa shape index (κ1) is 13.6. The lowest BCUT2D eigenvalue weighted by Crippen LogP contribution is -2.27. The van der Waals surface area contributed by atoms with Crippen LogP contribution in [0.15, 0.2) is 36.5 Å². The molecule has 0 aliphatic carbocycles. The number of carbonyl (C=O) groups is 1. The number of carbonyl (C=O) groups excluding carboxylic acids is 1. The summed E-state index contributed by atoms with van der Waals surface area (Å²) < 4.78 is 10.6. The number of hydrogen-bond donors (Lipinski definition) is 0. The summed E-state index contributed by atoms with van der Waals surface area (Å²) in [6, 6.07) is 9.48. The number of hydrogen-bond acceptors (Lipinski definition) is 4. The molecular formula is C15H17NO3. The highest BCUT2D eigenvalue weighted by Gasteiger charge is 2.21. The second-order valence-corrected chi connectivity index (χ2v) is 4.02. The average Bonchev–Trinajstić information content (AvgIpc) is 2.46. The van der Waals surface area contributed by atoms with E-state index in [1.165, 1.54) is 0 Å². The fraction of sp³-hybridized carbons (Fsp3) is 0.333. The van der Waals surface area contributed by atoms with Crippen LogP contribution in [0.4, 0.5) is 0 Å². The van der Waals surface area contributed by atoms with E-state index in [9.17, 15) is 4.79 Å². The number of ether oxygens (including phenoxy) is 2. The Morgan fingerprint density at radius 3 is 2.58 bits per heavy atom. The molecule has 0 fully saturated rings. The van der Waals surface area contributed by atoms with Crippen molar-refractivity contribution in [3.8, 4) is 0 Å². The van der Waals surface area contributed by atoms with Gasteiger partial charge in [-0.2, -0.15) is 0 Å². The van der Waals surface area contributed by atoms with Gasteiger partial charge in [-0.25, -0.2) is 0 Å². The van der Waals surface area contributed by atoms with Crippen molar-refractivity contribution >= 4 is 16.7 Å². The molecule has 0 saturated carbocycles. The SMILES string of the molecule is CCOC(OCC)C(=O)c1cnc2ccccc2c1. The number of rotatable bonds is 6. The van der Waals surface area contributed by atoms with Gasteiger partial charge in [-0.3, -0.25) is 9.78 Å². The summed E-state index contributed by atoms with van der Waals surface area (Å²) in [6.45, 7) is 4.52. The van der Waals surface area contributed by atoms with E-state index < -0.39 is 6.29 Å². The Hall–Kier alpha value is -1.78. The van der Waals surface area contributed by atoms with Gasteiger partial charge >= 0.3 is 0 Å². The van der Waals surface area contributed by atoms with Crippen LogP contribution in [0.1, 0.15) is 24.2 Å². The molecule has 0 unspecified atom stereocenters. The lowest BCUT2D eigenvalue weighted by atomic mass is 10.1. The zero-order valence-electron chi connectivity index (χ0n) is 11.1. The second-order valence-electron chi connectivity index (χ2n) is 4.02. The molecule has 19 heavy (non-hydrogen) atoms. The molecule has 0 N–H and O–H groups in total. The van der Waals surface area contributed by atoms with Crippen LogP contribution in [0.25, 0.3) is 10.9 Å². The molecule has 0 aliphatic heterocycles. The molecule has 0 bridgehead atoms. The van der Waals surface area contributed by atoms with Crippen LogP contribution in [-0.2, 0) is 9.47 Å². The van der Waals surface area contributed by atoms with Crippen molar-refractivity contribution in [3.63, 3.8) is 0 Å². The van der Waals surface area contributed by atoms with Gasteiger partial charge in [-0.15, -0.1) is 0 Å². The maximum Gasteiger partial charge on any atom is 0.222 e. The Balaban J connectivity index is 2.29. The summed E-state index contributed by atoms with van der Waals surface area (Å²) in [4.78, 5) is 16.6. The summed E-state index contributed by atoms with van der Waals surface area (Å²) in [7, 11) is 0. The van der Waals surface area contributed by atoms with E-state index in [4.69, 9.17) is 9.47 Å². The van der Waals surface area contributed by atoms with Crippen LogP contribution < -0.4 is 0 Å². The number of benzene rings is 1. The van der Waals surface area contributed by atoms with Gasteiger partial charge in [-0.05, 0) is 26.0 Å². The van der Waals surface area contributed by atoms with Crippen molar-refractivity contribution in [1.82, 2.24) is 4.98 Å². The number of pyridine rings is 1.